The molecule has 0 unspecified atom stereocenters. The molecular weight excluding hydrogens is 322 g/mol. The molecule has 0 aliphatic heterocycles. The number of phenols is 1. The van der Waals surface area contributed by atoms with Gasteiger partial charge in [0.15, 0.2) is 11.5 Å². The van der Waals surface area contributed by atoms with Crippen molar-refractivity contribution >= 4 is 18.0 Å². The maximum Gasteiger partial charge on any atom is 0.329 e. The van der Waals surface area contributed by atoms with Crippen LogP contribution in [0.2, 0.25) is 0 Å². The monoisotopic (exact) mass is 347 g/mol. The Balaban J connectivity index is 2.77. The van der Waals surface area contributed by atoms with Gasteiger partial charge in [0.1, 0.15) is 0 Å². The van der Waals surface area contributed by atoms with Crippen molar-refractivity contribution < 1.29 is 19.4 Å². The Morgan fingerprint density at radius 3 is 2.72 bits per heavy atom. The molecule has 0 aliphatic rings. The summed E-state index contributed by atoms with van der Waals surface area (Å²) in [4.78, 5) is 23.1. The van der Waals surface area contributed by atoms with E-state index in [1.165, 1.54) is 6.21 Å². The number of hydrogen-bond acceptors (Lipinski definition) is 5. The number of carbonyl (C=O) groups is 2. The Bertz CT molecular complexity index is 641. The van der Waals surface area contributed by atoms with Crippen LogP contribution >= 0.6 is 0 Å². The maximum atomic E-state index is 11.6. The van der Waals surface area contributed by atoms with Gasteiger partial charge in [-0.25, -0.2) is 5.43 Å². The highest BCUT2D eigenvalue weighted by Crippen LogP contribution is 2.31. The first kappa shape index (κ1) is 20.2. The zero-order chi connectivity index (χ0) is 18.7. The van der Waals surface area contributed by atoms with Crippen LogP contribution in [0.1, 0.15) is 37.8 Å². The van der Waals surface area contributed by atoms with Crippen LogP contribution in [-0.4, -0.2) is 36.3 Å². The van der Waals surface area contributed by atoms with Crippen molar-refractivity contribution in [2.45, 2.75) is 33.1 Å². The number of hydrazone groups is 1. The Morgan fingerprint density at radius 1 is 1.32 bits per heavy atom. The second-order valence-corrected chi connectivity index (χ2v) is 5.26. The smallest absolute Gasteiger partial charge is 0.329 e. The van der Waals surface area contributed by atoms with Gasteiger partial charge in [0.05, 0.1) is 12.8 Å². The molecule has 136 valence electrons. The molecule has 3 N–H and O–H groups in total. The Kier molecular flexibility index (Phi) is 8.78. The fourth-order valence-electron chi connectivity index (χ4n) is 2.02. The fourth-order valence-corrected chi connectivity index (χ4v) is 2.02. The molecule has 25 heavy (non-hydrogen) atoms. The molecule has 7 nitrogen and oxygen atoms in total. The fraction of sp³-hybridized carbons (Fsp3) is 0.389. The summed E-state index contributed by atoms with van der Waals surface area (Å²) in [5.41, 5.74) is 3.42. The van der Waals surface area contributed by atoms with E-state index in [4.69, 9.17) is 4.74 Å². The van der Waals surface area contributed by atoms with E-state index in [1.54, 1.807) is 18.2 Å². The number of aromatic hydroxyl groups is 1. The van der Waals surface area contributed by atoms with Crippen molar-refractivity contribution in [3.63, 3.8) is 0 Å². The number of phenolic OH excluding ortho intramolecular Hbond substituents is 1. The summed E-state index contributed by atoms with van der Waals surface area (Å²) in [5.74, 6) is -1.17. The number of unbranched alkanes of at least 4 members (excludes halogenated alkanes) is 1. The standard InChI is InChI=1S/C18H25N3O4/c1-4-7-9-19-17(23)18(24)21-20-12-13-10-14(8-5-2)16(22)15(11-13)25-6-3/h5,10-12,22H,2,4,6-9H2,1,3H3,(H,19,23)(H,21,24)/b20-12+. The molecular formula is C18H25N3O4. The van der Waals surface area contributed by atoms with Gasteiger partial charge >= 0.3 is 11.8 Å². The third kappa shape index (κ3) is 6.66. The second-order valence-electron chi connectivity index (χ2n) is 5.26. The number of nitrogens with zero attached hydrogens (tertiary/aromatic N) is 1. The quantitative estimate of drug-likeness (QED) is 0.209. The van der Waals surface area contributed by atoms with E-state index < -0.39 is 11.8 Å². The predicted molar refractivity (Wildman–Crippen MR) is 96.8 cm³/mol. The van der Waals surface area contributed by atoms with E-state index in [9.17, 15) is 14.7 Å². The van der Waals surface area contributed by atoms with Crippen molar-refractivity contribution in [2.75, 3.05) is 13.2 Å². The van der Waals surface area contributed by atoms with E-state index in [0.717, 1.165) is 12.8 Å². The zero-order valence-corrected chi connectivity index (χ0v) is 14.7. The van der Waals surface area contributed by atoms with Gasteiger partial charge in [-0.05, 0) is 37.5 Å². The maximum absolute atomic E-state index is 11.6. The lowest BCUT2D eigenvalue weighted by Gasteiger charge is -2.10. The van der Waals surface area contributed by atoms with Gasteiger partial charge in [-0.3, -0.25) is 9.59 Å². The van der Waals surface area contributed by atoms with Crippen molar-refractivity contribution in [3.8, 4) is 11.5 Å². The SMILES string of the molecule is C=CCc1cc(/C=N/NC(=O)C(=O)NCCCC)cc(OCC)c1O. The largest absolute Gasteiger partial charge is 0.504 e. The number of allylic oxidation sites excluding steroid dienone is 1. The number of ether oxygens (including phenoxy) is 1. The van der Waals surface area contributed by atoms with E-state index in [0.29, 0.717) is 36.4 Å². The van der Waals surface area contributed by atoms with Gasteiger partial charge in [-0.2, -0.15) is 5.10 Å². The van der Waals surface area contributed by atoms with Crippen LogP contribution in [0.4, 0.5) is 0 Å². The minimum absolute atomic E-state index is 0.0539. The summed E-state index contributed by atoms with van der Waals surface area (Å²) in [5, 5.41) is 16.4. The van der Waals surface area contributed by atoms with Crippen LogP contribution in [-0.2, 0) is 16.0 Å². The number of rotatable bonds is 9. The molecule has 1 aromatic rings. The molecule has 0 saturated heterocycles. The van der Waals surface area contributed by atoms with Gasteiger partial charge in [-0.1, -0.05) is 19.4 Å². The van der Waals surface area contributed by atoms with Crippen LogP contribution in [0.25, 0.3) is 0 Å². The predicted octanol–water partition coefficient (Wildman–Crippen LogP) is 1.89. The molecule has 0 radical (unpaired) electrons. The molecule has 0 fully saturated rings. The van der Waals surface area contributed by atoms with Crippen LogP contribution in [0.15, 0.2) is 29.9 Å². The molecule has 0 spiro atoms. The first-order chi connectivity index (χ1) is 12.0. The van der Waals surface area contributed by atoms with Gasteiger partial charge in [0, 0.05) is 12.1 Å². The van der Waals surface area contributed by atoms with Gasteiger partial charge in [0.2, 0.25) is 0 Å². The van der Waals surface area contributed by atoms with E-state index in [2.05, 4.69) is 22.4 Å². The number of hydrogen-bond donors (Lipinski definition) is 3. The number of amides is 2. The molecule has 1 rings (SSSR count). The zero-order valence-electron chi connectivity index (χ0n) is 14.7. The lowest BCUT2D eigenvalue weighted by atomic mass is 10.1. The average molecular weight is 347 g/mol. The third-order valence-electron chi connectivity index (χ3n) is 3.24. The van der Waals surface area contributed by atoms with Gasteiger partial charge in [0.25, 0.3) is 0 Å². The first-order valence-corrected chi connectivity index (χ1v) is 8.24. The van der Waals surface area contributed by atoms with Crippen LogP contribution < -0.4 is 15.5 Å². The lowest BCUT2D eigenvalue weighted by Crippen LogP contribution is -2.38. The summed E-state index contributed by atoms with van der Waals surface area (Å²) < 4.78 is 5.39. The van der Waals surface area contributed by atoms with E-state index in [-0.39, 0.29) is 5.75 Å². The molecule has 0 bridgehead atoms. The molecule has 0 saturated carbocycles. The molecule has 0 heterocycles. The van der Waals surface area contributed by atoms with Crippen molar-refractivity contribution in [1.82, 2.24) is 10.7 Å². The highest BCUT2D eigenvalue weighted by atomic mass is 16.5. The Hall–Kier alpha value is -2.83. The number of benzene rings is 1. The Morgan fingerprint density at radius 2 is 2.08 bits per heavy atom. The minimum Gasteiger partial charge on any atom is -0.504 e. The summed E-state index contributed by atoms with van der Waals surface area (Å²) in [6, 6.07) is 3.30. The summed E-state index contributed by atoms with van der Waals surface area (Å²) in [6.07, 6.45) is 5.23. The van der Waals surface area contributed by atoms with E-state index in [1.807, 2.05) is 13.8 Å². The number of nitrogens with one attached hydrogen (secondary N) is 2. The summed E-state index contributed by atoms with van der Waals surface area (Å²) in [6.45, 7) is 8.30. The molecule has 7 heteroatoms. The van der Waals surface area contributed by atoms with Gasteiger partial charge in [-0.15, -0.1) is 6.58 Å². The second kappa shape index (κ2) is 10.9. The lowest BCUT2D eigenvalue weighted by molar-refractivity contribution is -0.139. The third-order valence-corrected chi connectivity index (χ3v) is 3.24. The van der Waals surface area contributed by atoms with E-state index >= 15 is 0 Å². The van der Waals surface area contributed by atoms with Crippen molar-refractivity contribution in [1.29, 1.82) is 0 Å². The molecule has 2 amide bonds. The molecule has 1 aromatic carbocycles. The minimum atomic E-state index is -0.831. The topological polar surface area (TPSA) is 100 Å². The summed E-state index contributed by atoms with van der Waals surface area (Å²) >= 11 is 0. The molecule has 0 atom stereocenters. The van der Waals surface area contributed by atoms with Crippen LogP contribution in [0.5, 0.6) is 11.5 Å². The van der Waals surface area contributed by atoms with Gasteiger partial charge < -0.3 is 15.2 Å². The molecule has 0 aromatic heterocycles. The molecule has 0 aliphatic carbocycles. The Labute approximate surface area is 147 Å². The van der Waals surface area contributed by atoms with Crippen molar-refractivity contribution in [2.24, 2.45) is 5.10 Å². The highest BCUT2D eigenvalue weighted by molar-refractivity contribution is 6.35. The number of carbonyl (C=O) groups excluding carboxylic acids is 2. The van der Waals surface area contributed by atoms with Crippen LogP contribution in [0.3, 0.4) is 0 Å². The average Bonchev–Trinajstić information content (AvgIpc) is 2.59. The van der Waals surface area contributed by atoms with Crippen molar-refractivity contribution in [3.05, 3.63) is 35.9 Å². The normalized spacial score (nSPS) is 10.5. The summed E-state index contributed by atoms with van der Waals surface area (Å²) in [7, 11) is 0. The first-order valence-electron chi connectivity index (χ1n) is 8.24. The van der Waals surface area contributed by atoms with Crippen LogP contribution in [0, 0.1) is 0 Å². The highest BCUT2D eigenvalue weighted by Gasteiger charge is 2.12.